The van der Waals surface area contributed by atoms with Crippen molar-refractivity contribution in [1.82, 2.24) is 9.97 Å². The molecule has 0 spiro atoms. The lowest BCUT2D eigenvalue weighted by Gasteiger charge is -2.08. The molecule has 1 aromatic heterocycles. The van der Waals surface area contributed by atoms with E-state index >= 15 is 0 Å². The standard InChI is InChI=1S/C15H14N4/c16-8-10-5-6-12(17)11(7-10)15-9-18-13-3-1-2-4-14(13)19-15/h1-7,9H,8,16-17H2/p+1. The van der Waals surface area contributed by atoms with E-state index in [1.165, 1.54) is 0 Å². The predicted octanol–water partition coefficient (Wildman–Crippen LogP) is 2.45. The number of benzene rings is 2. The number of hydrogen-bond donors (Lipinski definition) is 2. The highest BCUT2D eigenvalue weighted by Gasteiger charge is 2.07. The summed E-state index contributed by atoms with van der Waals surface area (Å²) in [5.74, 6) is 0. The van der Waals surface area contributed by atoms with Crippen LogP contribution >= 0.6 is 0 Å². The molecule has 3 rings (SSSR count). The molecule has 0 unspecified atom stereocenters. The smallest absolute Gasteiger partial charge is 0.398 e. The molecule has 0 saturated heterocycles. The Morgan fingerprint density at radius 3 is 2.63 bits per heavy atom. The van der Waals surface area contributed by atoms with E-state index in [2.05, 4.69) is 9.97 Å². The van der Waals surface area contributed by atoms with Gasteiger partial charge in [-0.15, -0.1) is 0 Å². The van der Waals surface area contributed by atoms with Crippen LogP contribution in [0.1, 0.15) is 6.99 Å². The Balaban J connectivity index is 0.00000147. The third-order valence-electron chi connectivity index (χ3n) is 3.08. The van der Waals surface area contributed by atoms with E-state index in [9.17, 15) is 0 Å². The first-order valence-corrected chi connectivity index (χ1v) is 6.08. The van der Waals surface area contributed by atoms with E-state index in [1.54, 1.807) is 6.20 Å². The Bertz CT molecular complexity index is 743. The summed E-state index contributed by atoms with van der Waals surface area (Å²) in [7, 11) is 0. The number of rotatable bonds is 2. The fourth-order valence-corrected chi connectivity index (χ4v) is 2.04. The first-order chi connectivity index (χ1) is 9.28. The summed E-state index contributed by atoms with van der Waals surface area (Å²) >= 11 is 0. The van der Waals surface area contributed by atoms with E-state index in [-0.39, 0.29) is 1.43 Å². The van der Waals surface area contributed by atoms with Crippen molar-refractivity contribution in [2.75, 3.05) is 5.73 Å². The van der Waals surface area contributed by atoms with Crippen LogP contribution in [0.15, 0.2) is 48.7 Å². The molecule has 0 fully saturated rings. The van der Waals surface area contributed by atoms with Gasteiger partial charge in [-0.1, -0.05) is 18.2 Å². The number of nitrogens with two attached hydrogens (primary N) is 2. The molecule has 4 heteroatoms. The van der Waals surface area contributed by atoms with Gasteiger partial charge in [0, 0.05) is 17.8 Å². The van der Waals surface area contributed by atoms with Crippen molar-refractivity contribution in [2.45, 2.75) is 6.54 Å². The molecule has 2 aromatic carbocycles. The van der Waals surface area contributed by atoms with Crippen LogP contribution in [0.5, 0.6) is 0 Å². The quantitative estimate of drug-likeness (QED) is 0.686. The minimum atomic E-state index is 0. The van der Waals surface area contributed by atoms with Gasteiger partial charge in [0.1, 0.15) is 0 Å². The molecule has 3 aromatic rings. The predicted molar refractivity (Wildman–Crippen MR) is 78.4 cm³/mol. The highest BCUT2D eigenvalue weighted by molar-refractivity contribution is 5.80. The Labute approximate surface area is 112 Å². The van der Waals surface area contributed by atoms with Crippen LogP contribution in [0, 0.1) is 0 Å². The maximum atomic E-state index is 6.01. The first-order valence-electron chi connectivity index (χ1n) is 6.08. The van der Waals surface area contributed by atoms with Gasteiger partial charge >= 0.3 is 1.43 Å². The molecule has 0 bridgehead atoms. The lowest BCUT2D eigenvalue weighted by atomic mass is 10.1. The van der Waals surface area contributed by atoms with E-state index in [1.807, 2.05) is 42.5 Å². The topological polar surface area (TPSA) is 77.8 Å². The molecule has 0 aliphatic rings. The second kappa shape index (κ2) is 4.66. The van der Waals surface area contributed by atoms with Gasteiger partial charge in [0.2, 0.25) is 0 Å². The molecule has 4 N–H and O–H groups in total. The summed E-state index contributed by atoms with van der Waals surface area (Å²) in [6.07, 6.45) is 1.74. The van der Waals surface area contributed by atoms with Gasteiger partial charge in [-0.2, -0.15) is 0 Å². The molecular weight excluding hydrogens is 236 g/mol. The third kappa shape index (κ3) is 2.13. The Morgan fingerprint density at radius 1 is 1.05 bits per heavy atom. The number of aromatic nitrogens is 2. The lowest BCUT2D eigenvalue weighted by molar-refractivity contribution is 1.07. The second-order valence-electron chi connectivity index (χ2n) is 4.37. The SMILES string of the molecule is NCc1ccc(N)c(-c2cnc3ccccc3n2)c1.[H+]. The van der Waals surface area contributed by atoms with Crippen LogP contribution in [-0.2, 0) is 6.54 Å². The van der Waals surface area contributed by atoms with Crippen LogP contribution in [0.2, 0.25) is 0 Å². The zero-order chi connectivity index (χ0) is 13.2. The van der Waals surface area contributed by atoms with Gasteiger partial charge in [-0.3, -0.25) is 4.98 Å². The van der Waals surface area contributed by atoms with E-state index in [0.717, 1.165) is 27.9 Å². The zero-order valence-corrected chi connectivity index (χ0v) is 10.4. The number of anilines is 1. The Morgan fingerprint density at radius 2 is 1.84 bits per heavy atom. The molecule has 0 aliphatic heterocycles. The van der Waals surface area contributed by atoms with E-state index in [0.29, 0.717) is 12.2 Å². The molecule has 1 heterocycles. The van der Waals surface area contributed by atoms with Crippen molar-refractivity contribution in [3.8, 4) is 11.3 Å². The summed E-state index contributed by atoms with van der Waals surface area (Å²) in [4.78, 5) is 9.00. The molecule has 4 nitrogen and oxygen atoms in total. The fourth-order valence-electron chi connectivity index (χ4n) is 2.04. The summed E-state index contributed by atoms with van der Waals surface area (Å²) in [5, 5.41) is 0. The summed E-state index contributed by atoms with van der Waals surface area (Å²) in [6, 6.07) is 13.5. The first kappa shape index (κ1) is 11.6. The average molecular weight is 251 g/mol. The van der Waals surface area contributed by atoms with Crippen molar-refractivity contribution in [2.24, 2.45) is 5.73 Å². The minimum Gasteiger partial charge on any atom is -0.398 e. The number of hydrogen-bond acceptors (Lipinski definition) is 4. The van der Waals surface area contributed by atoms with Crippen molar-refractivity contribution in [3.63, 3.8) is 0 Å². The maximum Gasteiger partial charge on any atom is 1.00 e. The van der Waals surface area contributed by atoms with Gasteiger partial charge in [0.15, 0.2) is 0 Å². The second-order valence-corrected chi connectivity index (χ2v) is 4.37. The van der Waals surface area contributed by atoms with Crippen LogP contribution in [0.4, 0.5) is 5.69 Å². The van der Waals surface area contributed by atoms with Gasteiger partial charge in [0.05, 0.1) is 22.9 Å². The van der Waals surface area contributed by atoms with E-state index < -0.39 is 0 Å². The monoisotopic (exact) mass is 251 g/mol. The molecule has 0 radical (unpaired) electrons. The molecule has 0 atom stereocenters. The van der Waals surface area contributed by atoms with Gasteiger partial charge in [-0.25, -0.2) is 4.98 Å². The van der Waals surface area contributed by atoms with Crippen LogP contribution in [0.25, 0.3) is 22.3 Å². The van der Waals surface area contributed by atoms with Crippen molar-refractivity contribution in [1.29, 1.82) is 0 Å². The Hall–Kier alpha value is -2.46. The molecular formula is C15H15N4+. The van der Waals surface area contributed by atoms with E-state index in [4.69, 9.17) is 11.5 Å². The van der Waals surface area contributed by atoms with Crippen molar-refractivity contribution in [3.05, 3.63) is 54.2 Å². The van der Waals surface area contributed by atoms with Crippen LogP contribution < -0.4 is 11.5 Å². The fraction of sp³-hybridized carbons (Fsp3) is 0.0667. The summed E-state index contributed by atoms with van der Waals surface area (Å²) < 4.78 is 0. The molecule has 94 valence electrons. The van der Waals surface area contributed by atoms with Gasteiger partial charge < -0.3 is 11.5 Å². The number of nitrogens with zero attached hydrogens (tertiary/aromatic N) is 2. The highest BCUT2D eigenvalue weighted by atomic mass is 14.8. The highest BCUT2D eigenvalue weighted by Crippen LogP contribution is 2.26. The van der Waals surface area contributed by atoms with Gasteiger partial charge in [-0.05, 0) is 29.8 Å². The van der Waals surface area contributed by atoms with Crippen molar-refractivity contribution < 1.29 is 1.43 Å². The molecule has 0 amide bonds. The summed E-state index contributed by atoms with van der Waals surface area (Å²) in [6.45, 7) is 0.480. The molecule has 19 heavy (non-hydrogen) atoms. The Kier molecular flexibility index (Phi) is 2.85. The lowest BCUT2D eigenvalue weighted by Crippen LogP contribution is -1.99. The number of nitrogen functional groups attached to an aromatic ring is 1. The molecule has 0 saturated carbocycles. The normalized spacial score (nSPS) is 10.8. The third-order valence-corrected chi connectivity index (χ3v) is 3.08. The molecule has 0 aliphatic carbocycles. The maximum absolute atomic E-state index is 6.01. The number of para-hydroxylation sites is 2. The summed E-state index contributed by atoms with van der Waals surface area (Å²) in [5.41, 5.74) is 16.8. The number of fused-ring (bicyclic) bond motifs is 1. The van der Waals surface area contributed by atoms with Crippen molar-refractivity contribution >= 4 is 16.7 Å². The van der Waals surface area contributed by atoms with Crippen LogP contribution in [0.3, 0.4) is 0 Å². The van der Waals surface area contributed by atoms with Crippen LogP contribution in [-0.4, -0.2) is 9.97 Å². The largest absolute Gasteiger partial charge is 1.00 e. The van der Waals surface area contributed by atoms with Gasteiger partial charge in [0.25, 0.3) is 0 Å². The average Bonchev–Trinajstić information content (AvgIpc) is 2.47. The zero-order valence-electron chi connectivity index (χ0n) is 11.4. The minimum absolute atomic E-state index is 0.